The van der Waals surface area contributed by atoms with Crippen molar-refractivity contribution in [3.8, 4) is 0 Å². The number of hydrogen-bond donors (Lipinski definition) is 1. The van der Waals surface area contributed by atoms with Gasteiger partial charge in [-0.15, -0.1) is 0 Å². The minimum absolute atomic E-state index is 0.469. The molecule has 0 saturated carbocycles. The van der Waals surface area contributed by atoms with Crippen LogP contribution >= 0.6 is 15.9 Å². The van der Waals surface area contributed by atoms with Crippen LogP contribution in [0.4, 0.5) is 0 Å². The van der Waals surface area contributed by atoms with Crippen LogP contribution in [0.5, 0.6) is 0 Å². The van der Waals surface area contributed by atoms with Crippen LogP contribution in [0.15, 0.2) is 4.47 Å². The molecule has 4 atom stereocenters. The van der Waals surface area contributed by atoms with Gasteiger partial charge in [-0.2, -0.15) is 5.10 Å². The Morgan fingerprint density at radius 1 is 1.43 bits per heavy atom. The molecule has 1 aromatic heterocycles. The molecule has 21 heavy (non-hydrogen) atoms. The van der Waals surface area contributed by atoms with Gasteiger partial charge >= 0.3 is 0 Å². The van der Waals surface area contributed by atoms with Crippen molar-refractivity contribution in [3.63, 3.8) is 0 Å². The Bertz CT molecular complexity index is 502. The van der Waals surface area contributed by atoms with Crippen molar-refractivity contribution < 1.29 is 4.74 Å². The van der Waals surface area contributed by atoms with E-state index in [1.807, 2.05) is 0 Å². The zero-order chi connectivity index (χ0) is 15.0. The van der Waals surface area contributed by atoms with Gasteiger partial charge in [0.15, 0.2) is 0 Å². The molecular weight excluding hydrogens is 330 g/mol. The normalized spacial score (nSPS) is 29.2. The highest BCUT2D eigenvalue weighted by atomic mass is 79.9. The molecule has 0 spiro atoms. The van der Waals surface area contributed by atoms with Crippen LogP contribution < -0.4 is 5.32 Å². The van der Waals surface area contributed by atoms with Crippen LogP contribution in [0.1, 0.15) is 44.5 Å². The molecule has 5 heteroatoms. The van der Waals surface area contributed by atoms with Gasteiger partial charge in [0.05, 0.1) is 28.1 Å². The fourth-order valence-electron chi connectivity index (χ4n) is 4.01. The van der Waals surface area contributed by atoms with E-state index in [0.29, 0.717) is 24.2 Å². The minimum atomic E-state index is 0.469. The Labute approximate surface area is 135 Å². The van der Waals surface area contributed by atoms with Crippen molar-refractivity contribution in [2.45, 2.75) is 71.2 Å². The van der Waals surface area contributed by atoms with Crippen LogP contribution in [-0.4, -0.2) is 34.6 Å². The van der Waals surface area contributed by atoms with Crippen LogP contribution in [0.25, 0.3) is 0 Å². The summed E-state index contributed by atoms with van der Waals surface area (Å²) in [5.74, 6) is 0.649. The average Bonchev–Trinajstić information content (AvgIpc) is 3.16. The Morgan fingerprint density at radius 2 is 2.24 bits per heavy atom. The highest BCUT2D eigenvalue weighted by molar-refractivity contribution is 9.10. The standard InChI is InChI=1S/C16H26BrN3O/c1-4-18-13(12-8-11-6-7-15(12)21-11)9-14-16(17)10(3)19-20(14)5-2/h11-13,15,18H,4-9H2,1-3H3. The fourth-order valence-corrected chi connectivity index (χ4v) is 4.46. The average molecular weight is 356 g/mol. The predicted octanol–water partition coefficient (Wildman–Crippen LogP) is 3.06. The quantitative estimate of drug-likeness (QED) is 0.852. The molecule has 3 heterocycles. The van der Waals surface area contributed by atoms with Crippen molar-refractivity contribution in [2.75, 3.05) is 6.54 Å². The van der Waals surface area contributed by atoms with Gasteiger partial charge in [0, 0.05) is 24.9 Å². The van der Waals surface area contributed by atoms with Crippen LogP contribution in [0, 0.1) is 12.8 Å². The molecule has 118 valence electrons. The van der Waals surface area contributed by atoms with E-state index in [-0.39, 0.29) is 0 Å². The van der Waals surface area contributed by atoms with Crippen LogP contribution in [0.2, 0.25) is 0 Å². The second kappa shape index (κ2) is 6.39. The molecule has 2 aliphatic rings. The molecular formula is C16H26BrN3O. The second-order valence-electron chi connectivity index (χ2n) is 6.30. The first kappa shape index (κ1) is 15.5. The zero-order valence-electron chi connectivity index (χ0n) is 13.2. The Morgan fingerprint density at radius 3 is 2.81 bits per heavy atom. The monoisotopic (exact) mass is 355 g/mol. The van der Waals surface area contributed by atoms with E-state index in [1.54, 1.807) is 0 Å². The number of ether oxygens (including phenoxy) is 1. The molecule has 2 fully saturated rings. The maximum atomic E-state index is 6.07. The molecule has 0 aliphatic carbocycles. The van der Waals surface area contributed by atoms with Gasteiger partial charge in [0.25, 0.3) is 0 Å². The summed E-state index contributed by atoms with van der Waals surface area (Å²) >= 11 is 3.73. The predicted molar refractivity (Wildman–Crippen MR) is 87.5 cm³/mol. The maximum Gasteiger partial charge on any atom is 0.0738 e. The number of aromatic nitrogens is 2. The molecule has 4 nitrogen and oxygen atoms in total. The van der Waals surface area contributed by atoms with Gasteiger partial charge in [-0.05, 0) is 55.6 Å². The highest BCUT2D eigenvalue weighted by Crippen LogP contribution is 2.41. The maximum absolute atomic E-state index is 6.07. The SMILES string of the molecule is CCNC(Cc1c(Br)c(C)nn1CC)C1CC2CCC1O2. The Hall–Kier alpha value is -0.390. The molecule has 3 rings (SSSR count). The van der Waals surface area contributed by atoms with E-state index in [0.717, 1.165) is 25.2 Å². The number of nitrogens with zero attached hydrogens (tertiary/aromatic N) is 2. The first-order valence-corrected chi connectivity index (χ1v) is 9.03. The summed E-state index contributed by atoms with van der Waals surface area (Å²) in [6, 6.07) is 0.489. The van der Waals surface area contributed by atoms with E-state index >= 15 is 0 Å². The van der Waals surface area contributed by atoms with Gasteiger partial charge in [0.2, 0.25) is 0 Å². The van der Waals surface area contributed by atoms with E-state index in [1.165, 1.54) is 29.4 Å². The minimum Gasteiger partial charge on any atom is -0.375 e. The lowest BCUT2D eigenvalue weighted by atomic mass is 9.82. The summed E-state index contributed by atoms with van der Waals surface area (Å²) in [6.07, 6.45) is 5.74. The van der Waals surface area contributed by atoms with Crippen molar-refractivity contribution >= 4 is 15.9 Å². The molecule has 1 aromatic rings. The van der Waals surface area contributed by atoms with E-state index < -0.39 is 0 Å². The Balaban J connectivity index is 1.79. The molecule has 0 radical (unpaired) electrons. The number of halogens is 1. The fraction of sp³-hybridized carbons (Fsp3) is 0.812. The first-order valence-electron chi connectivity index (χ1n) is 8.24. The van der Waals surface area contributed by atoms with E-state index in [4.69, 9.17) is 4.74 Å². The van der Waals surface area contributed by atoms with Crippen molar-refractivity contribution in [1.29, 1.82) is 0 Å². The largest absolute Gasteiger partial charge is 0.375 e. The lowest BCUT2D eigenvalue weighted by Crippen LogP contribution is -2.42. The third-order valence-electron chi connectivity index (χ3n) is 5.00. The van der Waals surface area contributed by atoms with Gasteiger partial charge in [-0.25, -0.2) is 0 Å². The van der Waals surface area contributed by atoms with E-state index in [9.17, 15) is 0 Å². The van der Waals surface area contributed by atoms with E-state index in [2.05, 4.69) is 51.8 Å². The molecule has 2 aliphatic heterocycles. The van der Waals surface area contributed by atoms with Crippen LogP contribution in [-0.2, 0) is 17.7 Å². The third kappa shape index (κ3) is 2.92. The molecule has 1 N–H and O–H groups in total. The van der Waals surface area contributed by atoms with Gasteiger partial charge < -0.3 is 10.1 Å². The highest BCUT2D eigenvalue weighted by Gasteiger charge is 2.44. The molecule has 2 saturated heterocycles. The third-order valence-corrected chi connectivity index (χ3v) is 6.03. The van der Waals surface area contributed by atoms with Crippen LogP contribution in [0.3, 0.4) is 0 Å². The summed E-state index contributed by atoms with van der Waals surface area (Å²) in [5, 5.41) is 8.33. The van der Waals surface area contributed by atoms with Crippen molar-refractivity contribution in [1.82, 2.24) is 15.1 Å². The zero-order valence-corrected chi connectivity index (χ0v) is 14.8. The van der Waals surface area contributed by atoms with Gasteiger partial charge in [0.1, 0.15) is 0 Å². The summed E-state index contributed by atoms with van der Waals surface area (Å²) in [5.41, 5.74) is 2.41. The number of hydrogen-bond acceptors (Lipinski definition) is 3. The summed E-state index contributed by atoms with van der Waals surface area (Å²) in [6.45, 7) is 8.36. The molecule has 0 amide bonds. The number of likely N-dealkylation sites (N-methyl/N-ethyl adjacent to an activating group) is 1. The molecule has 4 unspecified atom stereocenters. The van der Waals surface area contributed by atoms with Gasteiger partial charge in [-0.1, -0.05) is 6.92 Å². The van der Waals surface area contributed by atoms with Gasteiger partial charge in [-0.3, -0.25) is 4.68 Å². The lowest BCUT2D eigenvalue weighted by Gasteiger charge is -2.29. The van der Waals surface area contributed by atoms with Crippen molar-refractivity contribution in [3.05, 3.63) is 15.9 Å². The second-order valence-corrected chi connectivity index (χ2v) is 7.10. The molecule has 2 bridgehead atoms. The number of rotatable bonds is 6. The molecule has 0 aromatic carbocycles. The van der Waals surface area contributed by atoms with Crippen molar-refractivity contribution in [2.24, 2.45) is 5.92 Å². The summed E-state index contributed by atoms with van der Waals surface area (Å²) in [4.78, 5) is 0. The number of aryl methyl sites for hydroxylation is 2. The Kier molecular flexibility index (Phi) is 4.71. The topological polar surface area (TPSA) is 39.1 Å². The first-order chi connectivity index (χ1) is 10.1. The lowest BCUT2D eigenvalue weighted by molar-refractivity contribution is 0.0857. The smallest absolute Gasteiger partial charge is 0.0738 e. The summed E-state index contributed by atoms with van der Waals surface area (Å²) < 4.78 is 9.38. The summed E-state index contributed by atoms with van der Waals surface area (Å²) in [7, 11) is 0. The number of fused-ring (bicyclic) bond motifs is 2. The number of nitrogens with one attached hydrogen (secondary N) is 1.